The van der Waals surface area contributed by atoms with Crippen LogP contribution >= 0.6 is 0 Å². The molecule has 1 saturated carbocycles. The number of carbonyl (C=O) groups excluding carboxylic acids is 1. The van der Waals surface area contributed by atoms with Crippen molar-refractivity contribution in [3.05, 3.63) is 0 Å². The summed E-state index contributed by atoms with van der Waals surface area (Å²) in [4.78, 5) is 13.0. The van der Waals surface area contributed by atoms with Gasteiger partial charge in [0.25, 0.3) is 0 Å². The summed E-state index contributed by atoms with van der Waals surface area (Å²) in [6, 6.07) is 0. The van der Waals surface area contributed by atoms with Gasteiger partial charge in [-0.3, -0.25) is 4.79 Å². The zero-order chi connectivity index (χ0) is 12.5. The Bertz CT molecular complexity index is 210. The number of nitrogens with zero attached hydrogens (tertiary/aromatic N) is 1. The number of carbonyl (C=O) groups is 1. The Balaban J connectivity index is 1.82. The largest absolute Gasteiger partial charge is 0.349 e. The average Bonchev–Trinajstić information content (AvgIpc) is 2.80. The van der Waals surface area contributed by atoms with Crippen LogP contribution in [-0.4, -0.2) is 38.0 Å². The predicted molar refractivity (Wildman–Crippen MR) is 72.0 cm³/mol. The van der Waals surface area contributed by atoms with Crippen molar-refractivity contribution in [2.45, 2.75) is 51.4 Å². The van der Waals surface area contributed by atoms with Gasteiger partial charge in [0.2, 0.25) is 5.91 Å². The molecule has 0 saturated heterocycles. The van der Waals surface area contributed by atoms with Crippen LogP contribution in [0.3, 0.4) is 0 Å². The topological polar surface area (TPSA) is 32.3 Å². The average molecular weight is 240 g/mol. The normalized spacial score (nSPS) is 16.4. The lowest BCUT2D eigenvalue weighted by Crippen LogP contribution is -2.24. The fourth-order valence-electron chi connectivity index (χ4n) is 2.53. The Morgan fingerprint density at radius 3 is 2.47 bits per heavy atom. The van der Waals surface area contributed by atoms with E-state index in [0.29, 0.717) is 6.42 Å². The molecule has 0 radical (unpaired) electrons. The maximum absolute atomic E-state index is 11.3. The highest BCUT2D eigenvalue weighted by atomic mass is 16.2. The fourth-order valence-corrected chi connectivity index (χ4v) is 2.53. The minimum Gasteiger partial charge on any atom is -0.349 e. The Morgan fingerprint density at radius 1 is 1.18 bits per heavy atom. The highest BCUT2D eigenvalue weighted by Crippen LogP contribution is 2.28. The molecule has 0 heterocycles. The van der Waals surface area contributed by atoms with Gasteiger partial charge in [-0.25, -0.2) is 0 Å². The van der Waals surface area contributed by atoms with Gasteiger partial charge in [0, 0.05) is 20.5 Å². The molecule has 0 spiro atoms. The molecule has 0 aromatic heterocycles. The Labute approximate surface area is 106 Å². The molecule has 0 atom stereocenters. The molecule has 1 N–H and O–H groups in total. The molecule has 1 rings (SSSR count). The van der Waals surface area contributed by atoms with Crippen LogP contribution in [0.5, 0.6) is 0 Å². The van der Waals surface area contributed by atoms with Crippen LogP contribution in [0.25, 0.3) is 0 Å². The van der Waals surface area contributed by atoms with Crippen molar-refractivity contribution < 1.29 is 4.79 Å². The van der Waals surface area contributed by atoms with Gasteiger partial charge in [0.05, 0.1) is 0 Å². The minimum atomic E-state index is 0.234. The van der Waals surface area contributed by atoms with E-state index in [4.69, 9.17) is 0 Å². The highest BCUT2D eigenvalue weighted by molar-refractivity contribution is 5.75. The first kappa shape index (κ1) is 14.5. The molecule has 0 unspecified atom stereocenters. The van der Waals surface area contributed by atoms with E-state index in [1.807, 2.05) is 14.1 Å². The third kappa shape index (κ3) is 6.67. The van der Waals surface area contributed by atoms with Gasteiger partial charge in [0.15, 0.2) is 0 Å². The molecule has 3 heteroatoms. The Morgan fingerprint density at radius 2 is 1.82 bits per heavy atom. The summed E-state index contributed by atoms with van der Waals surface area (Å²) in [7, 11) is 3.63. The Hall–Kier alpha value is -0.570. The second-order valence-electron chi connectivity index (χ2n) is 5.43. The van der Waals surface area contributed by atoms with Gasteiger partial charge in [-0.05, 0) is 38.3 Å². The van der Waals surface area contributed by atoms with Crippen molar-refractivity contribution in [2.75, 3.05) is 27.2 Å². The van der Waals surface area contributed by atoms with E-state index in [9.17, 15) is 4.79 Å². The molecule has 3 nitrogen and oxygen atoms in total. The van der Waals surface area contributed by atoms with Crippen molar-refractivity contribution >= 4 is 5.91 Å². The van der Waals surface area contributed by atoms with E-state index >= 15 is 0 Å². The summed E-state index contributed by atoms with van der Waals surface area (Å²) < 4.78 is 0. The summed E-state index contributed by atoms with van der Waals surface area (Å²) in [6.45, 7) is 2.09. The quantitative estimate of drug-likeness (QED) is 0.661. The van der Waals surface area contributed by atoms with Gasteiger partial charge in [0.1, 0.15) is 0 Å². The Kier molecular flexibility index (Phi) is 7.25. The van der Waals surface area contributed by atoms with Crippen LogP contribution in [0, 0.1) is 5.92 Å². The molecule has 1 fully saturated rings. The lowest BCUT2D eigenvalue weighted by atomic mass is 10.0. The van der Waals surface area contributed by atoms with Crippen LogP contribution in [0.15, 0.2) is 0 Å². The number of nitrogens with one attached hydrogen (secondary N) is 1. The third-order valence-electron chi connectivity index (χ3n) is 3.68. The van der Waals surface area contributed by atoms with Crippen LogP contribution in [0.4, 0.5) is 0 Å². The summed E-state index contributed by atoms with van der Waals surface area (Å²) >= 11 is 0. The molecule has 0 aromatic carbocycles. The van der Waals surface area contributed by atoms with Gasteiger partial charge in [-0.15, -0.1) is 0 Å². The predicted octanol–water partition coefficient (Wildman–Crippen LogP) is 2.41. The van der Waals surface area contributed by atoms with E-state index < -0.39 is 0 Å². The molecule has 1 aliphatic carbocycles. The zero-order valence-electron chi connectivity index (χ0n) is 11.5. The first-order valence-corrected chi connectivity index (χ1v) is 7.11. The number of hydrogen-bond donors (Lipinski definition) is 1. The van der Waals surface area contributed by atoms with E-state index in [-0.39, 0.29) is 5.91 Å². The summed E-state index contributed by atoms with van der Waals surface area (Å²) in [5, 5.41) is 3.43. The van der Waals surface area contributed by atoms with E-state index in [0.717, 1.165) is 25.4 Å². The van der Waals surface area contributed by atoms with Gasteiger partial charge >= 0.3 is 0 Å². The number of rotatable bonds is 8. The fraction of sp³-hybridized carbons (Fsp3) is 0.929. The van der Waals surface area contributed by atoms with E-state index in [1.165, 1.54) is 38.5 Å². The monoisotopic (exact) mass is 240 g/mol. The molecular weight excluding hydrogens is 212 g/mol. The lowest BCUT2D eigenvalue weighted by Gasteiger charge is -2.11. The summed E-state index contributed by atoms with van der Waals surface area (Å²) in [6.07, 6.45) is 10.1. The van der Waals surface area contributed by atoms with E-state index in [2.05, 4.69) is 5.32 Å². The SMILES string of the molecule is CN(C)C(=O)CCCNCCCC1CCCC1. The first-order valence-electron chi connectivity index (χ1n) is 7.11. The first-order chi connectivity index (χ1) is 8.20. The maximum Gasteiger partial charge on any atom is 0.222 e. The van der Waals surface area contributed by atoms with Crippen LogP contribution in [0.2, 0.25) is 0 Å². The number of amides is 1. The van der Waals surface area contributed by atoms with Crippen LogP contribution < -0.4 is 5.32 Å². The highest BCUT2D eigenvalue weighted by Gasteiger charge is 2.13. The third-order valence-corrected chi connectivity index (χ3v) is 3.68. The molecule has 0 aromatic rings. The summed E-state index contributed by atoms with van der Waals surface area (Å²) in [5.74, 6) is 1.24. The molecule has 17 heavy (non-hydrogen) atoms. The molecule has 0 aliphatic heterocycles. The molecule has 100 valence electrons. The smallest absolute Gasteiger partial charge is 0.222 e. The van der Waals surface area contributed by atoms with Crippen molar-refractivity contribution in [3.8, 4) is 0 Å². The summed E-state index contributed by atoms with van der Waals surface area (Å²) in [5.41, 5.74) is 0. The second-order valence-corrected chi connectivity index (χ2v) is 5.43. The van der Waals surface area contributed by atoms with Crippen molar-refractivity contribution in [1.82, 2.24) is 10.2 Å². The van der Waals surface area contributed by atoms with Crippen LogP contribution in [-0.2, 0) is 4.79 Å². The molecule has 1 amide bonds. The minimum absolute atomic E-state index is 0.234. The standard InChI is InChI=1S/C14H28N2O/c1-16(2)14(17)10-6-12-15-11-5-9-13-7-3-4-8-13/h13,15H,3-12H2,1-2H3. The zero-order valence-corrected chi connectivity index (χ0v) is 11.5. The van der Waals surface area contributed by atoms with Gasteiger partial charge < -0.3 is 10.2 Å². The van der Waals surface area contributed by atoms with Crippen molar-refractivity contribution in [1.29, 1.82) is 0 Å². The molecule has 1 aliphatic rings. The van der Waals surface area contributed by atoms with Crippen LogP contribution in [0.1, 0.15) is 51.4 Å². The second kappa shape index (κ2) is 8.51. The van der Waals surface area contributed by atoms with Gasteiger partial charge in [-0.1, -0.05) is 25.7 Å². The van der Waals surface area contributed by atoms with Crippen molar-refractivity contribution in [3.63, 3.8) is 0 Å². The van der Waals surface area contributed by atoms with Gasteiger partial charge in [-0.2, -0.15) is 0 Å². The number of hydrogen-bond acceptors (Lipinski definition) is 2. The molecule has 0 bridgehead atoms. The van der Waals surface area contributed by atoms with E-state index in [1.54, 1.807) is 4.90 Å². The maximum atomic E-state index is 11.3. The lowest BCUT2D eigenvalue weighted by molar-refractivity contribution is -0.128. The molecular formula is C14H28N2O. The van der Waals surface area contributed by atoms with Crippen molar-refractivity contribution in [2.24, 2.45) is 5.92 Å².